The summed E-state index contributed by atoms with van der Waals surface area (Å²) in [7, 11) is 0. The van der Waals surface area contributed by atoms with Crippen LogP contribution in [0.5, 0.6) is 0 Å². The lowest BCUT2D eigenvalue weighted by molar-refractivity contribution is -0.384. The number of rotatable bonds is 6. The van der Waals surface area contributed by atoms with E-state index in [-0.39, 0.29) is 10.7 Å². The number of benzene rings is 1. The summed E-state index contributed by atoms with van der Waals surface area (Å²) in [5, 5.41) is 18.1. The Balaban J connectivity index is 1.69. The number of halogens is 1. The molecule has 1 fully saturated rings. The van der Waals surface area contributed by atoms with Crippen LogP contribution in [0.1, 0.15) is 26.2 Å². The van der Waals surface area contributed by atoms with E-state index in [1.165, 1.54) is 49.7 Å². The first kappa shape index (κ1) is 19.3. The zero-order chi connectivity index (χ0) is 19.4. The zero-order valence-corrected chi connectivity index (χ0v) is 15.9. The van der Waals surface area contributed by atoms with E-state index in [9.17, 15) is 14.9 Å². The van der Waals surface area contributed by atoms with Crippen LogP contribution < -0.4 is 10.9 Å². The molecule has 1 aromatic heterocycles. The molecule has 1 saturated heterocycles. The molecule has 1 unspecified atom stereocenters. The molecule has 0 aliphatic carbocycles. The highest BCUT2D eigenvalue weighted by molar-refractivity contribution is 6.32. The number of aromatic nitrogens is 2. The standard InChI is InChI=1S/C18H22ClN5O3/c1-13-4-2-3-10-22(13)11-9-20-16-12-21-23(18(25)17(16)19)14-5-7-15(8-6-14)24(26)27/h5-8,12-13,20H,2-4,9-11H2,1H3. The summed E-state index contributed by atoms with van der Waals surface area (Å²) in [6, 6.07) is 6.15. The lowest BCUT2D eigenvalue weighted by Gasteiger charge is -2.33. The van der Waals surface area contributed by atoms with Crippen molar-refractivity contribution in [3.63, 3.8) is 0 Å². The Labute approximate surface area is 161 Å². The van der Waals surface area contributed by atoms with E-state index in [1.807, 2.05) is 0 Å². The van der Waals surface area contributed by atoms with Crippen LogP contribution in [0.3, 0.4) is 0 Å². The molecule has 1 atom stereocenters. The van der Waals surface area contributed by atoms with E-state index in [2.05, 4.69) is 22.2 Å². The second-order valence-electron chi connectivity index (χ2n) is 6.67. The highest BCUT2D eigenvalue weighted by Crippen LogP contribution is 2.19. The minimum absolute atomic E-state index is 0.0510. The lowest BCUT2D eigenvalue weighted by atomic mass is 10.0. The van der Waals surface area contributed by atoms with Gasteiger partial charge in [0.25, 0.3) is 11.2 Å². The fraction of sp³-hybridized carbons (Fsp3) is 0.444. The van der Waals surface area contributed by atoms with Gasteiger partial charge in [0.1, 0.15) is 5.02 Å². The van der Waals surface area contributed by atoms with E-state index in [0.717, 1.165) is 17.8 Å². The van der Waals surface area contributed by atoms with Gasteiger partial charge >= 0.3 is 0 Å². The van der Waals surface area contributed by atoms with Crippen LogP contribution in [-0.2, 0) is 0 Å². The second-order valence-corrected chi connectivity index (χ2v) is 7.05. The maximum atomic E-state index is 12.5. The third-order valence-corrected chi connectivity index (χ3v) is 5.24. The van der Waals surface area contributed by atoms with Crippen LogP contribution in [0.2, 0.25) is 5.02 Å². The van der Waals surface area contributed by atoms with Gasteiger partial charge in [-0.05, 0) is 38.4 Å². The molecule has 0 radical (unpaired) electrons. The number of nitro benzene ring substituents is 1. The maximum Gasteiger partial charge on any atom is 0.292 e. The van der Waals surface area contributed by atoms with E-state index >= 15 is 0 Å². The van der Waals surface area contributed by atoms with Crippen molar-refractivity contribution in [3.05, 3.63) is 56.0 Å². The lowest BCUT2D eigenvalue weighted by Crippen LogP contribution is -2.40. The minimum atomic E-state index is -0.497. The molecule has 1 N–H and O–H groups in total. The monoisotopic (exact) mass is 391 g/mol. The van der Waals surface area contributed by atoms with Crippen molar-refractivity contribution in [3.8, 4) is 5.69 Å². The number of hydrogen-bond acceptors (Lipinski definition) is 6. The van der Waals surface area contributed by atoms with E-state index in [1.54, 1.807) is 0 Å². The Morgan fingerprint density at radius 1 is 1.33 bits per heavy atom. The van der Waals surface area contributed by atoms with Gasteiger partial charge in [0.2, 0.25) is 0 Å². The molecular formula is C18H22ClN5O3. The maximum absolute atomic E-state index is 12.5. The molecule has 0 saturated carbocycles. The van der Waals surface area contributed by atoms with Crippen molar-refractivity contribution in [1.29, 1.82) is 0 Å². The summed E-state index contributed by atoms with van der Waals surface area (Å²) in [5.74, 6) is 0. The van der Waals surface area contributed by atoms with E-state index in [0.29, 0.717) is 24.0 Å². The molecule has 1 aromatic carbocycles. The summed E-state index contributed by atoms with van der Waals surface area (Å²) in [4.78, 5) is 25.2. The number of nitro groups is 1. The Bertz CT molecular complexity index is 868. The van der Waals surface area contributed by atoms with Crippen molar-refractivity contribution < 1.29 is 4.92 Å². The molecule has 8 nitrogen and oxygen atoms in total. The fourth-order valence-electron chi connectivity index (χ4n) is 3.28. The van der Waals surface area contributed by atoms with Gasteiger partial charge in [0, 0.05) is 31.3 Å². The molecule has 0 amide bonds. The highest BCUT2D eigenvalue weighted by atomic mass is 35.5. The van der Waals surface area contributed by atoms with E-state index < -0.39 is 10.5 Å². The summed E-state index contributed by atoms with van der Waals surface area (Å²) >= 11 is 6.22. The molecule has 0 spiro atoms. The van der Waals surface area contributed by atoms with Crippen molar-refractivity contribution in [2.24, 2.45) is 0 Å². The van der Waals surface area contributed by atoms with Gasteiger partial charge in [-0.25, -0.2) is 0 Å². The summed E-state index contributed by atoms with van der Waals surface area (Å²) in [5.41, 5.74) is 0.385. The summed E-state index contributed by atoms with van der Waals surface area (Å²) in [6.07, 6.45) is 5.22. The van der Waals surface area contributed by atoms with Gasteiger partial charge in [-0.15, -0.1) is 0 Å². The number of nitrogens with zero attached hydrogens (tertiary/aromatic N) is 4. The Morgan fingerprint density at radius 3 is 2.74 bits per heavy atom. The van der Waals surface area contributed by atoms with Crippen LogP contribution in [0.25, 0.3) is 5.69 Å². The molecule has 1 aliphatic heterocycles. The first-order chi connectivity index (χ1) is 13.0. The summed E-state index contributed by atoms with van der Waals surface area (Å²) in [6.45, 7) is 4.88. The molecule has 2 heterocycles. The molecule has 2 aromatic rings. The molecule has 144 valence electrons. The normalized spacial score (nSPS) is 17.6. The van der Waals surface area contributed by atoms with Crippen LogP contribution in [0, 0.1) is 10.1 Å². The van der Waals surface area contributed by atoms with Crippen LogP contribution >= 0.6 is 11.6 Å². The number of hydrogen-bond donors (Lipinski definition) is 1. The molecule has 1 aliphatic rings. The third kappa shape index (κ3) is 4.45. The van der Waals surface area contributed by atoms with Crippen LogP contribution in [-0.4, -0.2) is 45.3 Å². The van der Waals surface area contributed by atoms with Crippen molar-refractivity contribution >= 4 is 23.0 Å². The Morgan fingerprint density at radius 2 is 2.07 bits per heavy atom. The Hall–Kier alpha value is -2.45. The number of likely N-dealkylation sites (tertiary alicyclic amines) is 1. The highest BCUT2D eigenvalue weighted by Gasteiger charge is 2.18. The summed E-state index contributed by atoms with van der Waals surface area (Å²) < 4.78 is 1.13. The van der Waals surface area contributed by atoms with Crippen molar-refractivity contribution in [2.45, 2.75) is 32.2 Å². The third-order valence-electron chi connectivity index (χ3n) is 4.88. The average Bonchev–Trinajstić information content (AvgIpc) is 2.67. The SMILES string of the molecule is CC1CCCCN1CCNc1cnn(-c2ccc([N+](=O)[O-])cc2)c(=O)c1Cl. The van der Waals surface area contributed by atoms with Crippen molar-refractivity contribution in [2.75, 3.05) is 25.0 Å². The number of anilines is 1. The fourth-order valence-corrected chi connectivity index (χ4v) is 3.48. The number of nitrogens with one attached hydrogen (secondary N) is 1. The van der Waals surface area contributed by atoms with Crippen molar-refractivity contribution in [1.82, 2.24) is 14.7 Å². The van der Waals surface area contributed by atoms with Gasteiger partial charge in [-0.2, -0.15) is 9.78 Å². The Kier molecular flexibility index (Phi) is 6.08. The van der Waals surface area contributed by atoms with Gasteiger partial charge in [-0.1, -0.05) is 18.0 Å². The minimum Gasteiger partial charge on any atom is -0.381 e. The van der Waals surface area contributed by atoms with Crippen LogP contribution in [0.15, 0.2) is 35.3 Å². The first-order valence-corrected chi connectivity index (χ1v) is 9.36. The smallest absolute Gasteiger partial charge is 0.292 e. The van der Waals surface area contributed by atoms with Gasteiger partial charge < -0.3 is 5.32 Å². The molecule has 3 rings (SSSR count). The average molecular weight is 392 g/mol. The quantitative estimate of drug-likeness (QED) is 0.600. The zero-order valence-electron chi connectivity index (χ0n) is 15.1. The topological polar surface area (TPSA) is 93.3 Å². The molecule has 9 heteroatoms. The predicted molar refractivity (Wildman–Crippen MR) is 105 cm³/mol. The number of non-ortho nitro benzene ring substituents is 1. The number of piperidine rings is 1. The van der Waals surface area contributed by atoms with Gasteiger partial charge in [0.15, 0.2) is 0 Å². The largest absolute Gasteiger partial charge is 0.381 e. The second kappa shape index (κ2) is 8.49. The van der Waals surface area contributed by atoms with Gasteiger partial charge in [0.05, 0.1) is 22.5 Å². The predicted octanol–water partition coefficient (Wildman–Crippen LogP) is 3.08. The molecule has 27 heavy (non-hydrogen) atoms. The van der Waals surface area contributed by atoms with Gasteiger partial charge in [-0.3, -0.25) is 19.8 Å². The molecular weight excluding hydrogens is 370 g/mol. The molecule has 0 bridgehead atoms. The first-order valence-electron chi connectivity index (χ1n) is 8.98. The van der Waals surface area contributed by atoms with E-state index in [4.69, 9.17) is 11.6 Å². The van der Waals surface area contributed by atoms with Crippen LogP contribution in [0.4, 0.5) is 11.4 Å².